The molecule has 2 bridgehead atoms. The van der Waals surface area contributed by atoms with Gasteiger partial charge in [-0.3, -0.25) is 14.5 Å². The van der Waals surface area contributed by atoms with Crippen LogP contribution in [0.15, 0.2) is 60.7 Å². The number of amides is 1. The third-order valence-corrected chi connectivity index (χ3v) is 5.87. The molecule has 5 nitrogen and oxygen atoms in total. The standard InChI is InChI=1S/C22H24N2O3/c25-21(15-23-18-11-12-20(23)19(13-18)22(26)27)24(17-9-5-2-6-10-17)14-16-7-3-1-4-8-16/h1-10,18-20H,11-15H2,(H,26,27). The average Bonchev–Trinajstić information content (AvgIpc) is 3.24. The summed E-state index contributed by atoms with van der Waals surface area (Å²) in [5, 5.41) is 9.45. The van der Waals surface area contributed by atoms with Crippen molar-refractivity contribution in [2.45, 2.75) is 37.9 Å². The van der Waals surface area contributed by atoms with Crippen LogP contribution in [0.3, 0.4) is 0 Å². The van der Waals surface area contributed by atoms with Crippen LogP contribution in [0.5, 0.6) is 0 Å². The lowest BCUT2D eigenvalue weighted by molar-refractivity contribution is -0.142. The van der Waals surface area contributed by atoms with Crippen LogP contribution in [0.4, 0.5) is 5.69 Å². The average molecular weight is 364 g/mol. The summed E-state index contributed by atoms with van der Waals surface area (Å²) in [6.45, 7) is 0.788. The van der Waals surface area contributed by atoms with E-state index in [9.17, 15) is 14.7 Å². The molecule has 1 amide bonds. The Bertz CT molecular complexity index is 809. The predicted molar refractivity (Wildman–Crippen MR) is 103 cm³/mol. The first-order chi connectivity index (χ1) is 13.1. The fraction of sp³-hybridized carbons (Fsp3) is 0.364. The molecule has 2 heterocycles. The highest BCUT2D eigenvalue weighted by molar-refractivity contribution is 5.94. The van der Waals surface area contributed by atoms with E-state index in [1.165, 1.54) is 0 Å². The molecule has 2 aromatic carbocycles. The topological polar surface area (TPSA) is 60.9 Å². The van der Waals surface area contributed by atoms with Crippen LogP contribution in [0.25, 0.3) is 0 Å². The van der Waals surface area contributed by atoms with Gasteiger partial charge in [0.15, 0.2) is 0 Å². The van der Waals surface area contributed by atoms with Gasteiger partial charge in [0.05, 0.1) is 19.0 Å². The number of para-hydroxylation sites is 1. The van der Waals surface area contributed by atoms with Gasteiger partial charge in [0.2, 0.25) is 5.91 Å². The van der Waals surface area contributed by atoms with Gasteiger partial charge in [-0.15, -0.1) is 0 Å². The van der Waals surface area contributed by atoms with Crippen LogP contribution in [0.1, 0.15) is 24.8 Å². The highest BCUT2D eigenvalue weighted by Gasteiger charge is 2.49. The highest BCUT2D eigenvalue weighted by Crippen LogP contribution is 2.41. The van der Waals surface area contributed by atoms with Crippen LogP contribution in [0.2, 0.25) is 0 Å². The molecule has 0 aliphatic carbocycles. The van der Waals surface area contributed by atoms with Crippen molar-refractivity contribution in [1.29, 1.82) is 0 Å². The second-order valence-corrected chi connectivity index (χ2v) is 7.45. The summed E-state index contributed by atoms with van der Waals surface area (Å²) in [4.78, 5) is 28.7. The van der Waals surface area contributed by atoms with E-state index in [0.29, 0.717) is 13.0 Å². The zero-order valence-corrected chi connectivity index (χ0v) is 15.2. The maximum atomic E-state index is 13.2. The molecule has 2 saturated heterocycles. The minimum atomic E-state index is -0.733. The van der Waals surface area contributed by atoms with Gasteiger partial charge in [-0.1, -0.05) is 48.5 Å². The Morgan fingerprint density at radius 1 is 1.00 bits per heavy atom. The number of carbonyl (C=O) groups excluding carboxylic acids is 1. The molecule has 0 aromatic heterocycles. The Morgan fingerprint density at radius 3 is 2.30 bits per heavy atom. The number of fused-ring (bicyclic) bond motifs is 2. The van der Waals surface area contributed by atoms with Gasteiger partial charge < -0.3 is 10.0 Å². The Kier molecular flexibility index (Phi) is 4.94. The molecule has 0 spiro atoms. The first kappa shape index (κ1) is 17.7. The van der Waals surface area contributed by atoms with E-state index in [4.69, 9.17) is 0 Å². The Balaban J connectivity index is 1.54. The van der Waals surface area contributed by atoms with Gasteiger partial charge >= 0.3 is 5.97 Å². The normalized spacial score (nSPS) is 24.1. The summed E-state index contributed by atoms with van der Waals surface area (Å²) < 4.78 is 0. The number of hydrogen-bond acceptors (Lipinski definition) is 3. The number of aliphatic carboxylic acids is 1. The smallest absolute Gasteiger partial charge is 0.308 e. The van der Waals surface area contributed by atoms with E-state index in [2.05, 4.69) is 4.90 Å². The Morgan fingerprint density at radius 2 is 1.67 bits per heavy atom. The number of carboxylic acids is 1. The van der Waals surface area contributed by atoms with Crippen molar-refractivity contribution in [3.8, 4) is 0 Å². The molecule has 4 rings (SSSR count). The second kappa shape index (κ2) is 7.53. The largest absolute Gasteiger partial charge is 0.481 e. The molecule has 2 aliphatic rings. The first-order valence-electron chi connectivity index (χ1n) is 9.51. The third kappa shape index (κ3) is 3.60. The zero-order valence-electron chi connectivity index (χ0n) is 15.2. The summed E-state index contributed by atoms with van der Waals surface area (Å²) >= 11 is 0. The molecule has 0 radical (unpaired) electrons. The maximum absolute atomic E-state index is 13.2. The Hall–Kier alpha value is -2.66. The quantitative estimate of drug-likeness (QED) is 0.855. The molecule has 3 atom stereocenters. The molecule has 2 aromatic rings. The van der Waals surface area contributed by atoms with Crippen molar-refractivity contribution in [2.24, 2.45) is 5.92 Å². The monoisotopic (exact) mass is 364 g/mol. The number of benzene rings is 2. The van der Waals surface area contributed by atoms with Gasteiger partial charge in [-0.25, -0.2) is 0 Å². The van der Waals surface area contributed by atoms with Crippen LogP contribution >= 0.6 is 0 Å². The molecule has 1 N–H and O–H groups in total. The van der Waals surface area contributed by atoms with Crippen LogP contribution < -0.4 is 4.90 Å². The zero-order chi connectivity index (χ0) is 18.8. The summed E-state index contributed by atoms with van der Waals surface area (Å²) in [5.41, 5.74) is 1.94. The van der Waals surface area contributed by atoms with Gasteiger partial charge in [0.25, 0.3) is 0 Å². The summed E-state index contributed by atoms with van der Waals surface area (Å²) in [7, 11) is 0. The molecule has 2 fully saturated rings. The molecule has 5 heteroatoms. The fourth-order valence-electron chi connectivity index (χ4n) is 4.55. The number of carboxylic acid groups (broad SMARTS) is 1. The lowest BCUT2D eigenvalue weighted by Crippen LogP contribution is -2.43. The van der Waals surface area contributed by atoms with Gasteiger partial charge in [0.1, 0.15) is 0 Å². The second-order valence-electron chi connectivity index (χ2n) is 7.45. The minimum absolute atomic E-state index is 0.00852. The first-order valence-corrected chi connectivity index (χ1v) is 9.51. The van der Waals surface area contributed by atoms with Crippen molar-refractivity contribution in [3.05, 3.63) is 66.2 Å². The third-order valence-electron chi connectivity index (χ3n) is 5.87. The summed E-state index contributed by atoms with van der Waals surface area (Å²) in [5.74, 6) is -1.05. The van der Waals surface area contributed by atoms with Gasteiger partial charge in [0, 0.05) is 17.8 Å². The molecule has 2 aliphatic heterocycles. The number of carbonyl (C=O) groups is 2. The summed E-state index contributed by atoms with van der Waals surface area (Å²) in [6.07, 6.45) is 2.53. The van der Waals surface area contributed by atoms with Crippen molar-refractivity contribution in [1.82, 2.24) is 4.90 Å². The Labute approximate surface area is 159 Å². The van der Waals surface area contributed by atoms with Crippen molar-refractivity contribution < 1.29 is 14.7 Å². The van der Waals surface area contributed by atoms with Gasteiger partial charge in [-0.05, 0) is 37.0 Å². The van der Waals surface area contributed by atoms with Gasteiger partial charge in [-0.2, -0.15) is 0 Å². The molecule has 0 saturated carbocycles. The SMILES string of the molecule is O=C(O)C1CC2CCC1N2CC(=O)N(Cc1ccccc1)c1ccccc1. The van der Waals surface area contributed by atoms with E-state index in [0.717, 1.165) is 24.1 Å². The van der Waals surface area contributed by atoms with Crippen molar-refractivity contribution in [2.75, 3.05) is 11.4 Å². The van der Waals surface area contributed by atoms with E-state index < -0.39 is 5.97 Å². The highest BCUT2D eigenvalue weighted by atomic mass is 16.4. The molecule has 140 valence electrons. The molecular weight excluding hydrogens is 340 g/mol. The number of rotatable bonds is 6. The van der Waals surface area contributed by atoms with Crippen LogP contribution in [-0.2, 0) is 16.1 Å². The lowest BCUT2D eigenvalue weighted by atomic mass is 9.89. The van der Waals surface area contributed by atoms with Crippen molar-refractivity contribution in [3.63, 3.8) is 0 Å². The number of hydrogen-bond donors (Lipinski definition) is 1. The molecular formula is C22H24N2O3. The van der Waals surface area contributed by atoms with E-state index in [1.807, 2.05) is 65.6 Å². The lowest BCUT2D eigenvalue weighted by Gasteiger charge is -2.28. The summed E-state index contributed by atoms with van der Waals surface area (Å²) in [6, 6.07) is 19.8. The van der Waals surface area contributed by atoms with E-state index in [-0.39, 0.29) is 30.5 Å². The predicted octanol–water partition coefficient (Wildman–Crippen LogP) is 3.16. The maximum Gasteiger partial charge on any atom is 0.308 e. The van der Waals surface area contributed by atoms with E-state index >= 15 is 0 Å². The molecule has 3 unspecified atom stereocenters. The number of anilines is 1. The van der Waals surface area contributed by atoms with Crippen molar-refractivity contribution >= 4 is 17.6 Å². The van der Waals surface area contributed by atoms with E-state index in [1.54, 1.807) is 0 Å². The van der Waals surface area contributed by atoms with Crippen LogP contribution in [-0.4, -0.2) is 40.5 Å². The minimum Gasteiger partial charge on any atom is -0.481 e. The number of nitrogens with zero attached hydrogens (tertiary/aromatic N) is 2. The molecule has 27 heavy (non-hydrogen) atoms. The fourth-order valence-corrected chi connectivity index (χ4v) is 4.55. The van der Waals surface area contributed by atoms with Crippen LogP contribution in [0, 0.1) is 5.92 Å².